The molecule has 1 aromatic heterocycles. The van der Waals surface area contributed by atoms with Crippen LogP contribution in [0.2, 0.25) is 0 Å². The maximum absolute atomic E-state index is 12.0. The minimum Gasteiger partial charge on any atom is -0.378 e. The predicted octanol–water partition coefficient (Wildman–Crippen LogP) is 1.26. The average Bonchev–Trinajstić information content (AvgIpc) is 2.43. The Morgan fingerprint density at radius 2 is 2.27 bits per heavy atom. The summed E-state index contributed by atoms with van der Waals surface area (Å²) < 4.78 is 7.88. The normalized spacial score (nSPS) is 16.6. The Labute approximate surface area is 96.9 Å². The number of amides is 1. The van der Waals surface area contributed by atoms with Crippen LogP contribution in [-0.4, -0.2) is 41.7 Å². The molecule has 15 heavy (non-hydrogen) atoms. The lowest BCUT2D eigenvalue weighted by atomic mass is 10.1. The van der Waals surface area contributed by atoms with Gasteiger partial charge in [0.05, 0.1) is 6.10 Å². The molecule has 0 radical (unpaired) electrons. The van der Waals surface area contributed by atoms with Crippen LogP contribution in [0.5, 0.6) is 0 Å². The number of hydrogen-bond donors (Lipinski definition) is 0. The summed E-state index contributed by atoms with van der Waals surface area (Å²) in [5.74, 6) is 0.0662. The Bertz CT molecular complexity index is 383. The number of ether oxygens (including phenoxy) is 1. The van der Waals surface area contributed by atoms with Crippen LogP contribution in [0, 0.1) is 0 Å². The summed E-state index contributed by atoms with van der Waals surface area (Å²) >= 11 is 3.35. The van der Waals surface area contributed by atoms with E-state index >= 15 is 0 Å². The summed E-state index contributed by atoms with van der Waals surface area (Å²) in [6.45, 7) is 1.39. The van der Waals surface area contributed by atoms with Crippen molar-refractivity contribution in [1.82, 2.24) is 9.47 Å². The van der Waals surface area contributed by atoms with Crippen molar-refractivity contribution in [1.29, 1.82) is 0 Å². The highest BCUT2D eigenvalue weighted by Crippen LogP contribution is 2.19. The van der Waals surface area contributed by atoms with Crippen molar-refractivity contribution in [2.45, 2.75) is 6.10 Å². The van der Waals surface area contributed by atoms with Crippen LogP contribution in [0.15, 0.2) is 16.7 Å². The number of aryl methyl sites for hydroxylation is 1. The van der Waals surface area contributed by atoms with Crippen LogP contribution in [0.1, 0.15) is 10.5 Å². The standard InChI is InChI=1S/C10H13BrN2O2/c1-12-4-7(11)3-9(12)10(14)13-5-8(6-13)15-2/h3-4,8H,5-6H2,1-2H3. The maximum atomic E-state index is 12.0. The lowest BCUT2D eigenvalue weighted by Gasteiger charge is -2.38. The summed E-state index contributed by atoms with van der Waals surface area (Å²) in [7, 11) is 3.54. The van der Waals surface area contributed by atoms with E-state index in [0.29, 0.717) is 18.8 Å². The molecule has 0 aromatic carbocycles. The zero-order chi connectivity index (χ0) is 11.0. The van der Waals surface area contributed by atoms with E-state index in [1.807, 2.05) is 23.9 Å². The van der Waals surface area contributed by atoms with Gasteiger partial charge in [-0.1, -0.05) is 0 Å². The van der Waals surface area contributed by atoms with Gasteiger partial charge in [-0.3, -0.25) is 4.79 Å². The van der Waals surface area contributed by atoms with E-state index < -0.39 is 0 Å². The molecule has 0 saturated carbocycles. The molecule has 0 unspecified atom stereocenters. The maximum Gasteiger partial charge on any atom is 0.270 e. The van der Waals surface area contributed by atoms with Crippen LogP contribution in [0.25, 0.3) is 0 Å². The molecule has 0 atom stereocenters. The molecule has 1 aromatic rings. The number of methoxy groups -OCH3 is 1. The molecule has 0 N–H and O–H groups in total. The highest BCUT2D eigenvalue weighted by atomic mass is 79.9. The van der Waals surface area contributed by atoms with Crippen molar-refractivity contribution in [2.24, 2.45) is 7.05 Å². The van der Waals surface area contributed by atoms with Crippen LogP contribution in [0.4, 0.5) is 0 Å². The number of nitrogens with zero attached hydrogens (tertiary/aromatic N) is 2. The third kappa shape index (κ3) is 1.94. The zero-order valence-corrected chi connectivity index (χ0v) is 10.3. The SMILES string of the molecule is COC1CN(C(=O)c2cc(Br)cn2C)C1. The van der Waals surface area contributed by atoms with Gasteiger partial charge >= 0.3 is 0 Å². The highest BCUT2D eigenvalue weighted by Gasteiger charge is 2.32. The molecule has 2 heterocycles. The summed E-state index contributed by atoms with van der Waals surface area (Å²) in [5.41, 5.74) is 0.705. The zero-order valence-electron chi connectivity index (χ0n) is 8.74. The third-order valence-electron chi connectivity index (χ3n) is 2.66. The molecule has 82 valence electrons. The van der Waals surface area contributed by atoms with Crippen molar-refractivity contribution >= 4 is 21.8 Å². The molecule has 0 bridgehead atoms. The van der Waals surface area contributed by atoms with Gasteiger partial charge < -0.3 is 14.2 Å². The highest BCUT2D eigenvalue weighted by molar-refractivity contribution is 9.10. The minimum absolute atomic E-state index is 0.0662. The molecule has 1 aliphatic rings. The van der Waals surface area contributed by atoms with Gasteiger partial charge in [0.25, 0.3) is 5.91 Å². The summed E-state index contributed by atoms with van der Waals surface area (Å²) in [6.07, 6.45) is 2.08. The number of rotatable bonds is 2. The van der Waals surface area contributed by atoms with Crippen LogP contribution in [0.3, 0.4) is 0 Å². The van der Waals surface area contributed by atoms with Gasteiger partial charge in [0.15, 0.2) is 0 Å². The van der Waals surface area contributed by atoms with Crippen molar-refractivity contribution < 1.29 is 9.53 Å². The second-order valence-corrected chi connectivity index (χ2v) is 4.64. The number of likely N-dealkylation sites (tertiary alicyclic amines) is 1. The largest absolute Gasteiger partial charge is 0.378 e. The number of halogens is 1. The quantitative estimate of drug-likeness (QED) is 0.813. The lowest BCUT2D eigenvalue weighted by Crippen LogP contribution is -2.54. The fourth-order valence-electron chi connectivity index (χ4n) is 1.65. The fourth-order valence-corrected chi connectivity index (χ4v) is 2.18. The van der Waals surface area contributed by atoms with Crippen molar-refractivity contribution in [3.05, 3.63) is 22.4 Å². The first-order valence-corrected chi connectivity index (χ1v) is 5.55. The Balaban J connectivity index is 2.06. The molecule has 1 aliphatic heterocycles. The van der Waals surface area contributed by atoms with Crippen LogP contribution < -0.4 is 0 Å². The van der Waals surface area contributed by atoms with Crippen LogP contribution >= 0.6 is 15.9 Å². The molecule has 2 rings (SSSR count). The summed E-state index contributed by atoms with van der Waals surface area (Å²) in [5, 5.41) is 0. The summed E-state index contributed by atoms with van der Waals surface area (Å²) in [4.78, 5) is 13.7. The lowest BCUT2D eigenvalue weighted by molar-refractivity contribution is -0.0196. The second kappa shape index (κ2) is 3.98. The first kappa shape index (κ1) is 10.7. The van der Waals surface area contributed by atoms with Gasteiger partial charge in [0.2, 0.25) is 0 Å². The molecular weight excluding hydrogens is 260 g/mol. The van der Waals surface area contributed by atoms with Gasteiger partial charge in [0.1, 0.15) is 5.69 Å². The predicted molar refractivity (Wildman–Crippen MR) is 59.8 cm³/mol. The fraction of sp³-hybridized carbons (Fsp3) is 0.500. The van der Waals surface area contributed by atoms with E-state index in [1.165, 1.54) is 0 Å². The van der Waals surface area contributed by atoms with Crippen molar-refractivity contribution in [3.8, 4) is 0 Å². The Morgan fingerprint density at radius 1 is 1.60 bits per heavy atom. The molecule has 4 nitrogen and oxygen atoms in total. The van der Waals surface area contributed by atoms with E-state index in [-0.39, 0.29) is 12.0 Å². The number of aromatic nitrogens is 1. The minimum atomic E-state index is 0.0662. The van der Waals surface area contributed by atoms with Gasteiger partial charge in [-0.15, -0.1) is 0 Å². The molecular formula is C10H13BrN2O2. The third-order valence-corrected chi connectivity index (χ3v) is 3.09. The summed E-state index contributed by atoms with van der Waals surface area (Å²) in [6, 6.07) is 1.84. The monoisotopic (exact) mass is 272 g/mol. The van der Waals surface area contributed by atoms with Gasteiger partial charge in [-0.25, -0.2) is 0 Å². The van der Waals surface area contributed by atoms with Gasteiger partial charge in [-0.2, -0.15) is 0 Å². The number of hydrogen-bond acceptors (Lipinski definition) is 2. The molecule has 1 amide bonds. The topological polar surface area (TPSA) is 34.5 Å². The number of carbonyl (C=O) groups excluding carboxylic acids is 1. The van der Waals surface area contributed by atoms with Gasteiger partial charge in [0, 0.05) is 37.9 Å². The van der Waals surface area contributed by atoms with E-state index in [1.54, 1.807) is 12.0 Å². The van der Waals surface area contributed by atoms with Crippen LogP contribution in [-0.2, 0) is 11.8 Å². The molecule has 1 fully saturated rings. The van der Waals surface area contributed by atoms with E-state index in [4.69, 9.17) is 4.74 Å². The average molecular weight is 273 g/mol. The first-order valence-electron chi connectivity index (χ1n) is 4.75. The molecule has 5 heteroatoms. The smallest absolute Gasteiger partial charge is 0.270 e. The van der Waals surface area contributed by atoms with E-state index in [0.717, 1.165) is 4.47 Å². The number of carbonyl (C=O) groups is 1. The van der Waals surface area contributed by atoms with Gasteiger partial charge in [-0.05, 0) is 22.0 Å². The Kier molecular flexibility index (Phi) is 2.84. The van der Waals surface area contributed by atoms with Crippen molar-refractivity contribution in [3.63, 3.8) is 0 Å². The Hall–Kier alpha value is -0.810. The molecule has 0 spiro atoms. The first-order chi connectivity index (χ1) is 7.11. The molecule has 0 aliphatic carbocycles. The molecule has 1 saturated heterocycles. The van der Waals surface area contributed by atoms with E-state index in [9.17, 15) is 4.79 Å². The Morgan fingerprint density at radius 3 is 2.73 bits per heavy atom. The van der Waals surface area contributed by atoms with E-state index in [2.05, 4.69) is 15.9 Å². The van der Waals surface area contributed by atoms with Crippen molar-refractivity contribution in [2.75, 3.05) is 20.2 Å². The second-order valence-electron chi connectivity index (χ2n) is 3.72.